The van der Waals surface area contributed by atoms with E-state index in [1.807, 2.05) is 19.3 Å². The number of nitrogens with one attached hydrogen (secondary N) is 2. The molecular formula is C13H20N4O3. The van der Waals surface area contributed by atoms with Crippen LogP contribution in [-0.2, 0) is 18.3 Å². The molecule has 0 radical (unpaired) electrons. The number of hydrogen-bond acceptors (Lipinski definition) is 3. The lowest BCUT2D eigenvalue weighted by atomic mass is 9.69. The number of carbonyl (C=O) groups excluding carboxylic acids is 1. The van der Waals surface area contributed by atoms with E-state index >= 15 is 0 Å². The molecule has 1 fully saturated rings. The van der Waals surface area contributed by atoms with Crippen LogP contribution in [0, 0.1) is 5.41 Å². The van der Waals surface area contributed by atoms with Crippen LogP contribution < -0.4 is 10.6 Å². The highest BCUT2D eigenvalue weighted by Crippen LogP contribution is 2.40. The number of urea groups is 1. The van der Waals surface area contributed by atoms with Gasteiger partial charge in [0.25, 0.3) is 0 Å². The molecule has 1 saturated carbocycles. The Labute approximate surface area is 117 Å². The maximum absolute atomic E-state index is 11.6. The third-order valence-corrected chi connectivity index (χ3v) is 3.79. The zero-order valence-corrected chi connectivity index (χ0v) is 11.6. The Balaban J connectivity index is 1.67. The van der Waals surface area contributed by atoms with Crippen LogP contribution in [0.5, 0.6) is 0 Å². The Kier molecular flexibility index (Phi) is 4.26. The minimum atomic E-state index is -0.822. The van der Waals surface area contributed by atoms with Gasteiger partial charge in [-0.15, -0.1) is 0 Å². The van der Waals surface area contributed by atoms with Crippen molar-refractivity contribution in [3.05, 3.63) is 18.0 Å². The zero-order chi connectivity index (χ0) is 14.6. The van der Waals surface area contributed by atoms with E-state index < -0.39 is 11.4 Å². The van der Waals surface area contributed by atoms with Gasteiger partial charge >= 0.3 is 12.0 Å². The first kappa shape index (κ1) is 14.4. The Morgan fingerprint density at radius 2 is 2.20 bits per heavy atom. The average Bonchev–Trinajstić information content (AvgIpc) is 2.73. The molecule has 1 aliphatic rings. The van der Waals surface area contributed by atoms with Gasteiger partial charge in [-0.25, -0.2) is 4.79 Å². The second-order valence-corrected chi connectivity index (χ2v) is 5.28. The summed E-state index contributed by atoms with van der Waals surface area (Å²) >= 11 is 0. The Bertz CT molecular complexity index is 494. The van der Waals surface area contributed by atoms with E-state index in [0.29, 0.717) is 25.8 Å². The average molecular weight is 280 g/mol. The molecule has 0 bridgehead atoms. The summed E-state index contributed by atoms with van der Waals surface area (Å²) in [6, 6.07) is 1.57. The molecule has 0 unspecified atom stereocenters. The van der Waals surface area contributed by atoms with Gasteiger partial charge in [-0.3, -0.25) is 9.48 Å². The molecule has 2 amide bonds. The Morgan fingerprint density at radius 1 is 1.45 bits per heavy atom. The second-order valence-electron chi connectivity index (χ2n) is 5.28. The topological polar surface area (TPSA) is 96.2 Å². The van der Waals surface area contributed by atoms with Gasteiger partial charge in [0.2, 0.25) is 0 Å². The van der Waals surface area contributed by atoms with E-state index in [-0.39, 0.29) is 12.6 Å². The predicted molar refractivity (Wildman–Crippen MR) is 72.2 cm³/mol. The van der Waals surface area contributed by atoms with E-state index in [1.54, 1.807) is 4.68 Å². The molecule has 7 heteroatoms. The van der Waals surface area contributed by atoms with Gasteiger partial charge in [0, 0.05) is 32.8 Å². The normalized spacial score (nSPS) is 16.2. The van der Waals surface area contributed by atoms with Crippen LogP contribution in [0.3, 0.4) is 0 Å². The molecule has 7 nitrogen and oxygen atoms in total. The lowest BCUT2D eigenvalue weighted by Gasteiger charge is -2.37. The highest BCUT2D eigenvalue weighted by Gasteiger charge is 2.44. The first-order valence-corrected chi connectivity index (χ1v) is 6.75. The van der Waals surface area contributed by atoms with Gasteiger partial charge in [-0.1, -0.05) is 6.42 Å². The number of rotatable bonds is 6. The van der Waals surface area contributed by atoms with Gasteiger partial charge in [0.05, 0.1) is 11.1 Å². The van der Waals surface area contributed by atoms with Gasteiger partial charge in [-0.2, -0.15) is 5.10 Å². The fourth-order valence-electron chi connectivity index (χ4n) is 2.28. The van der Waals surface area contributed by atoms with Crippen molar-refractivity contribution >= 4 is 12.0 Å². The van der Waals surface area contributed by atoms with E-state index in [1.165, 1.54) is 0 Å². The molecule has 1 heterocycles. The van der Waals surface area contributed by atoms with Crippen LogP contribution >= 0.6 is 0 Å². The van der Waals surface area contributed by atoms with Crippen molar-refractivity contribution in [3.8, 4) is 0 Å². The van der Waals surface area contributed by atoms with Crippen molar-refractivity contribution in [2.75, 3.05) is 13.1 Å². The molecular weight excluding hydrogens is 260 g/mol. The molecule has 0 spiro atoms. The van der Waals surface area contributed by atoms with Crippen LogP contribution in [0.4, 0.5) is 4.79 Å². The molecule has 0 atom stereocenters. The van der Waals surface area contributed by atoms with Crippen LogP contribution in [0.15, 0.2) is 12.3 Å². The van der Waals surface area contributed by atoms with Crippen molar-refractivity contribution in [2.24, 2.45) is 12.5 Å². The van der Waals surface area contributed by atoms with Crippen molar-refractivity contribution in [1.82, 2.24) is 20.4 Å². The van der Waals surface area contributed by atoms with Gasteiger partial charge < -0.3 is 15.7 Å². The molecule has 3 N–H and O–H groups in total. The summed E-state index contributed by atoms with van der Waals surface area (Å²) in [5, 5.41) is 18.7. The molecule has 0 saturated heterocycles. The molecule has 2 rings (SSSR count). The lowest BCUT2D eigenvalue weighted by Crippen LogP contribution is -2.49. The van der Waals surface area contributed by atoms with Crippen molar-refractivity contribution in [3.63, 3.8) is 0 Å². The largest absolute Gasteiger partial charge is 0.481 e. The summed E-state index contributed by atoms with van der Waals surface area (Å²) in [7, 11) is 1.84. The lowest BCUT2D eigenvalue weighted by molar-refractivity contribution is -0.153. The molecule has 1 aromatic rings. The SMILES string of the molecule is Cn1ccc(CCNC(=O)NCC2(C(=O)O)CCC2)n1. The molecule has 110 valence electrons. The van der Waals surface area contributed by atoms with E-state index in [4.69, 9.17) is 5.11 Å². The molecule has 1 aromatic heterocycles. The molecule has 20 heavy (non-hydrogen) atoms. The third-order valence-electron chi connectivity index (χ3n) is 3.79. The number of carboxylic acids is 1. The number of nitrogens with zero attached hydrogens (tertiary/aromatic N) is 2. The highest BCUT2D eigenvalue weighted by atomic mass is 16.4. The van der Waals surface area contributed by atoms with Crippen LogP contribution in [-0.4, -0.2) is 40.0 Å². The maximum Gasteiger partial charge on any atom is 0.314 e. The third kappa shape index (κ3) is 3.28. The summed E-state index contributed by atoms with van der Waals surface area (Å²) in [6.07, 6.45) is 4.68. The highest BCUT2D eigenvalue weighted by molar-refractivity contribution is 5.78. The van der Waals surface area contributed by atoms with Crippen molar-refractivity contribution in [1.29, 1.82) is 0 Å². The second kappa shape index (κ2) is 5.94. The van der Waals surface area contributed by atoms with E-state index in [2.05, 4.69) is 15.7 Å². The number of hydrogen-bond donors (Lipinski definition) is 3. The quantitative estimate of drug-likeness (QED) is 0.707. The van der Waals surface area contributed by atoms with Gasteiger partial charge in [0.1, 0.15) is 0 Å². The minimum Gasteiger partial charge on any atom is -0.481 e. The molecule has 0 aromatic carbocycles. The maximum atomic E-state index is 11.6. The van der Waals surface area contributed by atoms with Crippen LogP contribution in [0.2, 0.25) is 0 Å². The number of aliphatic carboxylic acids is 1. The summed E-state index contributed by atoms with van der Waals surface area (Å²) < 4.78 is 1.71. The molecule has 1 aliphatic carbocycles. The van der Waals surface area contributed by atoms with Crippen molar-refractivity contribution in [2.45, 2.75) is 25.7 Å². The van der Waals surface area contributed by atoms with Crippen molar-refractivity contribution < 1.29 is 14.7 Å². The molecule has 0 aliphatic heterocycles. The number of carboxylic acid groups (broad SMARTS) is 1. The van der Waals surface area contributed by atoms with Gasteiger partial charge in [0.15, 0.2) is 0 Å². The Morgan fingerprint density at radius 3 is 2.70 bits per heavy atom. The number of carbonyl (C=O) groups is 2. The standard InChI is InChI=1S/C13H20N4O3/c1-17-8-4-10(16-17)3-7-14-12(20)15-9-13(11(18)19)5-2-6-13/h4,8H,2-3,5-7,9H2,1H3,(H,18,19)(H2,14,15,20). The Hall–Kier alpha value is -2.05. The minimum absolute atomic E-state index is 0.192. The monoisotopic (exact) mass is 280 g/mol. The summed E-state index contributed by atoms with van der Waals surface area (Å²) in [5.74, 6) is -0.822. The smallest absolute Gasteiger partial charge is 0.314 e. The van der Waals surface area contributed by atoms with E-state index in [0.717, 1.165) is 12.1 Å². The number of aromatic nitrogens is 2. The first-order chi connectivity index (χ1) is 9.52. The first-order valence-electron chi connectivity index (χ1n) is 6.75. The van der Waals surface area contributed by atoms with Crippen LogP contribution in [0.1, 0.15) is 25.0 Å². The summed E-state index contributed by atoms with van der Waals surface area (Å²) in [5.41, 5.74) is 0.159. The van der Waals surface area contributed by atoms with Gasteiger partial charge in [-0.05, 0) is 18.9 Å². The number of aryl methyl sites for hydroxylation is 1. The summed E-state index contributed by atoms with van der Waals surface area (Å²) in [6.45, 7) is 0.667. The predicted octanol–water partition coefficient (Wildman–Crippen LogP) is 0.517. The van der Waals surface area contributed by atoms with Crippen LogP contribution in [0.25, 0.3) is 0 Å². The zero-order valence-electron chi connectivity index (χ0n) is 11.6. The summed E-state index contributed by atoms with van der Waals surface area (Å²) in [4.78, 5) is 22.7. The fraction of sp³-hybridized carbons (Fsp3) is 0.615. The van der Waals surface area contributed by atoms with E-state index in [9.17, 15) is 9.59 Å². The fourth-order valence-corrected chi connectivity index (χ4v) is 2.28. The number of amides is 2.